The van der Waals surface area contributed by atoms with Gasteiger partial charge in [0.05, 0.1) is 13.2 Å². The molecule has 2 rings (SSSR count). The minimum Gasteiger partial charge on any atom is -0.465 e. The Morgan fingerprint density at radius 3 is 2.65 bits per heavy atom. The Morgan fingerprint density at radius 1 is 1.45 bits per heavy atom. The molecule has 1 aromatic heterocycles. The molecule has 6 heteroatoms. The zero-order chi connectivity index (χ0) is 14.7. The van der Waals surface area contributed by atoms with Crippen LogP contribution in [0.15, 0.2) is 0 Å². The van der Waals surface area contributed by atoms with Crippen molar-refractivity contribution in [3.63, 3.8) is 0 Å². The van der Waals surface area contributed by atoms with Gasteiger partial charge in [0.1, 0.15) is 11.4 Å². The van der Waals surface area contributed by atoms with Gasteiger partial charge in [0.25, 0.3) is 0 Å². The summed E-state index contributed by atoms with van der Waals surface area (Å²) in [5.74, 6) is 0.626. The van der Waals surface area contributed by atoms with E-state index in [4.69, 9.17) is 10.5 Å². The van der Waals surface area contributed by atoms with E-state index in [0.29, 0.717) is 23.2 Å². The molecular weight excluding hydrogens is 256 g/mol. The zero-order valence-electron chi connectivity index (χ0n) is 12.6. The van der Waals surface area contributed by atoms with Crippen LogP contribution in [0.3, 0.4) is 0 Å². The Morgan fingerprint density at radius 2 is 2.10 bits per heavy atom. The lowest BCUT2D eigenvalue weighted by atomic mass is 9.96. The fraction of sp³-hybridized carbons (Fsp3) is 0.714. The predicted molar refractivity (Wildman–Crippen MR) is 79.0 cm³/mol. The van der Waals surface area contributed by atoms with Gasteiger partial charge < -0.3 is 15.4 Å². The van der Waals surface area contributed by atoms with Crippen LogP contribution in [0.4, 0.5) is 11.6 Å². The number of carbonyl (C=O) groups is 1. The highest BCUT2D eigenvalue weighted by atomic mass is 16.5. The van der Waals surface area contributed by atoms with E-state index in [0.717, 1.165) is 19.4 Å². The van der Waals surface area contributed by atoms with Gasteiger partial charge in [0.15, 0.2) is 5.82 Å². The number of rotatable bonds is 4. The van der Waals surface area contributed by atoms with Gasteiger partial charge in [-0.05, 0) is 19.8 Å². The summed E-state index contributed by atoms with van der Waals surface area (Å²) in [5.41, 5.74) is 6.57. The average molecular weight is 280 g/mol. The number of anilines is 2. The molecule has 0 atom stereocenters. The van der Waals surface area contributed by atoms with Crippen LogP contribution in [0.2, 0.25) is 0 Å². The Kier molecular flexibility index (Phi) is 4.52. The summed E-state index contributed by atoms with van der Waals surface area (Å²) in [6, 6.07) is 0.297. The molecule has 20 heavy (non-hydrogen) atoms. The molecule has 112 valence electrons. The molecule has 0 bridgehead atoms. The third-order valence-electron chi connectivity index (χ3n) is 4.08. The molecule has 1 heterocycles. The lowest BCUT2D eigenvalue weighted by Crippen LogP contribution is -2.20. The first kappa shape index (κ1) is 14.7. The second kappa shape index (κ2) is 6.15. The van der Waals surface area contributed by atoms with Crippen molar-refractivity contribution in [3.8, 4) is 0 Å². The van der Waals surface area contributed by atoms with E-state index >= 15 is 0 Å². The molecule has 0 aromatic carbocycles. The van der Waals surface area contributed by atoms with Crippen LogP contribution in [0.5, 0.6) is 0 Å². The van der Waals surface area contributed by atoms with Crippen LogP contribution in [0.25, 0.3) is 0 Å². The molecule has 1 saturated carbocycles. The molecule has 0 spiro atoms. The average Bonchev–Trinajstić information content (AvgIpc) is 2.84. The van der Waals surface area contributed by atoms with Gasteiger partial charge in [-0.25, -0.2) is 9.48 Å². The third kappa shape index (κ3) is 2.59. The number of hydrogen-bond acceptors (Lipinski definition) is 5. The van der Waals surface area contributed by atoms with Crippen LogP contribution in [-0.2, 0) is 4.74 Å². The molecule has 0 unspecified atom stereocenters. The van der Waals surface area contributed by atoms with Gasteiger partial charge in [-0.3, -0.25) is 0 Å². The molecule has 2 N–H and O–H groups in total. The number of esters is 1. The summed E-state index contributed by atoms with van der Waals surface area (Å²) in [6.45, 7) is 2.77. The minimum absolute atomic E-state index is 0.297. The van der Waals surface area contributed by atoms with Crippen molar-refractivity contribution in [1.82, 2.24) is 9.78 Å². The number of nitrogens with two attached hydrogens (primary N) is 1. The van der Waals surface area contributed by atoms with Gasteiger partial charge in [-0.15, -0.1) is 0 Å². The van der Waals surface area contributed by atoms with Crippen molar-refractivity contribution in [3.05, 3.63) is 5.56 Å². The van der Waals surface area contributed by atoms with E-state index in [2.05, 4.69) is 5.10 Å². The summed E-state index contributed by atoms with van der Waals surface area (Å²) in [7, 11) is 3.27. The Hall–Kier alpha value is -1.72. The first-order valence-corrected chi connectivity index (χ1v) is 7.27. The SMILES string of the molecule is CCN(C)c1nn(C2CCCCC2)c(N)c1C(=O)OC. The van der Waals surface area contributed by atoms with Gasteiger partial charge in [-0.2, -0.15) is 5.10 Å². The largest absolute Gasteiger partial charge is 0.465 e. The van der Waals surface area contributed by atoms with Gasteiger partial charge in [0.2, 0.25) is 0 Å². The lowest BCUT2D eigenvalue weighted by molar-refractivity contribution is 0.0602. The van der Waals surface area contributed by atoms with Crippen LogP contribution >= 0.6 is 0 Å². The van der Waals surface area contributed by atoms with Crippen LogP contribution in [0, 0.1) is 0 Å². The molecule has 0 radical (unpaired) electrons. The Balaban J connectivity index is 2.43. The van der Waals surface area contributed by atoms with Crippen molar-refractivity contribution in [2.75, 3.05) is 31.3 Å². The van der Waals surface area contributed by atoms with Crippen LogP contribution < -0.4 is 10.6 Å². The third-order valence-corrected chi connectivity index (χ3v) is 4.08. The summed E-state index contributed by atoms with van der Waals surface area (Å²) in [5, 5.41) is 4.59. The molecule has 0 saturated heterocycles. The summed E-state index contributed by atoms with van der Waals surface area (Å²) in [6.07, 6.45) is 5.79. The summed E-state index contributed by atoms with van der Waals surface area (Å²) in [4.78, 5) is 13.9. The number of aromatic nitrogens is 2. The van der Waals surface area contributed by atoms with E-state index in [1.54, 1.807) is 0 Å². The quantitative estimate of drug-likeness (QED) is 0.856. The van der Waals surface area contributed by atoms with Gasteiger partial charge in [0, 0.05) is 13.6 Å². The van der Waals surface area contributed by atoms with Crippen molar-refractivity contribution < 1.29 is 9.53 Å². The zero-order valence-corrected chi connectivity index (χ0v) is 12.6. The van der Waals surface area contributed by atoms with Crippen molar-refractivity contribution in [2.45, 2.75) is 45.1 Å². The molecule has 0 amide bonds. The highest BCUT2D eigenvalue weighted by molar-refractivity contribution is 5.99. The summed E-state index contributed by atoms with van der Waals surface area (Å²) < 4.78 is 6.68. The van der Waals surface area contributed by atoms with Crippen molar-refractivity contribution >= 4 is 17.6 Å². The highest BCUT2D eigenvalue weighted by Gasteiger charge is 2.28. The molecule has 6 nitrogen and oxygen atoms in total. The second-order valence-corrected chi connectivity index (χ2v) is 5.33. The summed E-state index contributed by atoms with van der Waals surface area (Å²) >= 11 is 0. The predicted octanol–water partition coefficient (Wildman–Crippen LogP) is 2.21. The number of ether oxygens (including phenoxy) is 1. The first-order chi connectivity index (χ1) is 9.60. The number of hydrogen-bond donors (Lipinski definition) is 1. The Labute approximate surface area is 119 Å². The number of carbonyl (C=O) groups excluding carboxylic acids is 1. The Bertz CT molecular complexity index is 478. The standard InChI is InChI=1S/C14H24N4O2/c1-4-17(2)13-11(14(19)20-3)12(15)18(16-13)10-8-6-5-7-9-10/h10H,4-9,15H2,1-3H3. The fourth-order valence-corrected chi connectivity index (χ4v) is 2.75. The van der Waals surface area contributed by atoms with E-state index in [9.17, 15) is 4.79 Å². The molecular formula is C14H24N4O2. The van der Waals surface area contributed by atoms with Crippen molar-refractivity contribution in [2.24, 2.45) is 0 Å². The number of nitrogen functional groups attached to an aromatic ring is 1. The fourth-order valence-electron chi connectivity index (χ4n) is 2.75. The maximum Gasteiger partial charge on any atom is 0.345 e. The van der Waals surface area contributed by atoms with E-state index in [1.165, 1.54) is 26.4 Å². The van der Waals surface area contributed by atoms with Gasteiger partial charge in [-0.1, -0.05) is 19.3 Å². The highest BCUT2D eigenvalue weighted by Crippen LogP contribution is 2.34. The molecule has 1 aliphatic rings. The minimum atomic E-state index is -0.417. The number of methoxy groups -OCH3 is 1. The normalized spacial score (nSPS) is 16.1. The maximum absolute atomic E-state index is 12.0. The van der Waals surface area contributed by atoms with E-state index in [-0.39, 0.29) is 0 Å². The lowest BCUT2D eigenvalue weighted by Gasteiger charge is -2.23. The topological polar surface area (TPSA) is 73.4 Å². The molecule has 1 fully saturated rings. The van der Waals surface area contributed by atoms with E-state index in [1.807, 2.05) is 23.6 Å². The van der Waals surface area contributed by atoms with Gasteiger partial charge >= 0.3 is 5.97 Å². The smallest absolute Gasteiger partial charge is 0.345 e. The van der Waals surface area contributed by atoms with Crippen LogP contribution in [0.1, 0.15) is 55.4 Å². The molecule has 1 aromatic rings. The van der Waals surface area contributed by atoms with Crippen LogP contribution in [-0.4, -0.2) is 36.5 Å². The second-order valence-electron chi connectivity index (χ2n) is 5.33. The molecule has 1 aliphatic carbocycles. The molecule has 0 aliphatic heterocycles. The maximum atomic E-state index is 12.0. The van der Waals surface area contributed by atoms with E-state index < -0.39 is 5.97 Å². The number of nitrogens with zero attached hydrogens (tertiary/aromatic N) is 3. The first-order valence-electron chi connectivity index (χ1n) is 7.27. The van der Waals surface area contributed by atoms with Crippen molar-refractivity contribution in [1.29, 1.82) is 0 Å². The monoisotopic (exact) mass is 280 g/mol.